The highest BCUT2D eigenvalue weighted by Crippen LogP contribution is 2.13. The van der Waals surface area contributed by atoms with Gasteiger partial charge >= 0.3 is 0 Å². The summed E-state index contributed by atoms with van der Waals surface area (Å²) in [5, 5.41) is 2.89. The lowest BCUT2D eigenvalue weighted by atomic mass is 10.1. The van der Waals surface area contributed by atoms with E-state index in [1.54, 1.807) is 31.6 Å². The number of hydrogen-bond donors (Lipinski definition) is 1. The van der Waals surface area contributed by atoms with Crippen molar-refractivity contribution in [1.82, 2.24) is 5.32 Å². The van der Waals surface area contributed by atoms with Gasteiger partial charge in [0, 0.05) is 12.7 Å². The smallest absolute Gasteiger partial charge is 0.251 e. The van der Waals surface area contributed by atoms with Crippen LogP contribution in [0.3, 0.4) is 0 Å². The minimum absolute atomic E-state index is 0.118. The molecule has 0 saturated carbocycles. The molecule has 0 fully saturated rings. The number of methoxy groups -OCH3 is 1. The molecule has 0 radical (unpaired) electrons. The third kappa shape index (κ3) is 3.45. The molecule has 0 bridgehead atoms. The zero-order valence-corrected chi connectivity index (χ0v) is 11.1. The second-order valence-corrected chi connectivity index (χ2v) is 4.34. The molecule has 1 heterocycles. The second-order valence-electron chi connectivity index (χ2n) is 4.34. The molecule has 1 N–H and O–H groups in total. The van der Waals surface area contributed by atoms with Gasteiger partial charge < -0.3 is 14.5 Å². The Morgan fingerprint density at radius 1 is 1.32 bits per heavy atom. The Hall–Kier alpha value is -2.07. The van der Waals surface area contributed by atoms with Crippen molar-refractivity contribution in [2.24, 2.45) is 0 Å². The van der Waals surface area contributed by atoms with Crippen molar-refractivity contribution in [2.75, 3.05) is 7.11 Å². The number of carbonyl (C=O) groups excluding carboxylic acids is 1. The fourth-order valence-corrected chi connectivity index (χ4v) is 1.81. The number of rotatable bonds is 5. The number of hydrogen-bond acceptors (Lipinski definition) is 3. The maximum atomic E-state index is 12.0. The Bertz CT molecular complexity index is 517. The molecule has 0 aliphatic carbocycles. The van der Waals surface area contributed by atoms with Gasteiger partial charge in [-0.2, -0.15) is 0 Å². The van der Waals surface area contributed by atoms with E-state index in [-0.39, 0.29) is 11.9 Å². The molecule has 4 heteroatoms. The van der Waals surface area contributed by atoms with E-state index >= 15 is 0 Å². The molecular formula is C15H17NO3. The zero-order chi connectivity index (χ0) is 13.7. The molecular weight excluding hydrogens is 242 g/mol. The summed E-state index contributed by atoms with van der Waals surface area (Å²) < 4.78 is 10.3. The van der Waals surface area contributed by atoms with E-state index in [1.807, 2.05) is 25.1 Å². The Labute approximate surface area is 112 Å². The molecule has 0 unspecified atom stereocenters. The quantitative estimate of drug-likeness (QED) is 0.898. The first kappa shape index (κ1) is 13.4. The van der Waals surface area contributed by atoms with Crippen LogP contribution in [-0.4, -0.2) is 13.0 Å². The third-order valence-electron chi connectivity index (χ3n) is 2.84. The van der Waals surface area contributed by atoms with Crippen LogP contribution < -0.4 is 5.32 Å². The van der Waals surface area contributed by atoms with E-state index in [0.717, 1.165) is 11.3 Å². The summed E-state index contributed by atoms with van der Waals surface area (Å²) in [5.74, 6) is 0.622. The van der Waals surface area contributed by atoms with Crippen molar-refractivity contribution in [3.05, 3.63) is 59.5 Å². The number of nitrogens with one attached hydrogen (secondary N) is 1. The average Bonchev–Trinajstić information content (AvgIpc) is 2.94. The van der Waals surface area contributed by atoms with Gasteiger partial charge in [-0.1, -0.05) is 12.1 Å². The highest BCUT2D eigenvalue weighted by Gasteiger charge is 2.13. The summed E-state index contributed by atoms with van der Waals surface area (Å²) in [4.78, 5) is 12.0. The molecule has 2 aromatic rings. The van der Waals surface area contributed by atoms with Gasteiger partial charge in [0.25, 0.3) is 5.91 Å². The summed E-state index contributed by atoms with van der Waals surface area (Å²) >= 11 is 0. The summed E-state index contributed by atoms with van der Waals surface area (Å²) in [6.07, 6.45) is 1.59. The zero-order valence-electron chi connectivity index (χ0n) is 11.1. The van der Waals surface area contributed by atoms with Gasteiger partial charge in [-0.25, -0.2) is 0 Å². The molecule has 100 valence electrons. The van der Waals surface area contributed by atoms with Gasteiger partial charge in [0.1, 0.15) is 5.76 Å². The standard InChI is InChI=1S/C15H17NO3/c1-11(14-4-3-9-19-14)16-15(17)13-7-5-12(6-8-13)10-18-2/h3-9,11H,10H2,1-2H3,(H,16,17)/t11-/m0/s1. The first-order valence-electron chi connectivity index (χ1n) is 6.13. The first-order valence-corrected chi connectivity index (χ1v) is 6.13. The minimum Gasteiger partial charge on any atom is -0.467 e. The van der Waals surface area contributed by atoms with Crippen molar-refractivity contribution in [3.63, 3.8) is 0 Å². The topological polar surface area (TPSA) is 51.5 Å². The van der Waals surface area contributed by atoms with Crippen molar-refractivity contribution < 1.29 is 13.9 Å². The predicted octanol–water partition coefficient (Wildman–Crippen LogP) is 2.92. The van der Waals surface area contributed by atoms with E-state index in [1.165, 1.54) is 0 Å². The van der Waals surface area contributed by atoms with Gasteiger partial charge in [-0.05, 0) is 36.8 Å². The van der Waals surface area contributed by atoms with Crippen molar-refractivity contribution in [2.45, 2.75) is 19.6 Å². The van der Waals surface area contributed by atoms with Crippen LogP contribution >= 0.6 is 0 Å². The summed E-state index contributed by atoms with van der Waals surface area (Å²) in [6, 6.07) is 10.8. The van der Waals surface area contributed by atoms with Crippen LogP contribution in [0.2, 0.25) is 0 Å². The summed E-state index contributed by atoms with van der Waals surface area (Å²) in [7, 11) is 1.64. The van der Waals surface area contributed by atoms with Crippen molar-refractivity contribution >= 4 is 5.91 Å². The number of furan rings is 1. The summed E-state index contributed by atoms with van der Waals surface area (Å²) in [5.41, 5.74) is 1.66. The fraction of sp³-hybridized carbons (Fsp3) is 0.267. The molecule has 1 aromatic carbocycles. The van der Waals surface area contributed by atoms with Crippen LogP contribution in [0.15, 0.2) is 47.1 Å². The van der Waals surface area contributed by atoms with Gasteiger partial charge in [0.15, 0.2) is 0 Å². The van der Waals surface area contributed by atoms with Crippen LogP contribution in [0.4, 0.5) is 0 Å². The SMILES string of the molecule is COCc1ccc(C(=O)N[C@@H](C)c2ccco2)cc1. The first-order chi connectivity index (χ1) is 9.20. The van der Waals surface area contributed by atoms with Crippen molar-refractivity contribution in [1.29, 1.82) is 0 Å². The summed E-state index contributed by atoms with van der Waals surface area (Å²) in [6.45, 7) is 2.43. The lowest BCUT2D eigenvalue weighted by Crippen LogP contribution is -2.26. The van der Waals surface area contributed by atoms with Crippen LogP contribution in [-0.2, 0) is 11.3 Å². The normalized spacial score (nSPS) is 12.1. The Kier molecular flexibility index (Phi) is 4.36. The monoisotopic (exact) mass is 259 g/mol. The van der Waals surface area contributed by atoms with Crippen molar-refractivity contribution in [3.8, 4) is 0 Å². The molecule has 19 heavy (non-hydrogen) atoms. The third-order valence-corrected chi connectivity index (χ3v) is 2.84. The molecule has 1 aromatic heterocycles. The number of ether oxygens (including phenoxy) is 1. The van der Waals surface area contributed by atoms with E-state index < -0.39 is 0 Å². The molecule has 0 spiro atoms. The number of benzene rings is 1. The van der Waals surface area contributed by atoms with E-state index in [2.05, 4.69) is 5.32 Å². The molecule has 0 aliphatic heterocycles. The molecule has 1 amide bonds. The highest BCUT2D eigenvalue weighted by atomic mass is 16.5. The predicted molar refractivity (Wildman–Crippen MR) is 71.7 cm³/mol. The maximum Gasteiger partial charge on any atom is 0.251 e. The Morgan fingerprint density at radius 3 is 2.63 bits per heavy atom. The Morgan fingerprint density at radius 2 is 2.05 bits per heavy atom. The van der Waals surface area contributed by atoms with E-state index in [0.29, 0.717) is 12.2 Å². The molecule has 2 rings (SSSR count). The molecule has 1 atom stereocenters. The number of amides is 1. The average molecular weight is 259 g/mol. The minimum atomic E-state index is -0.152. The van der Waals surface area contributed by atoms with Crippen LogP contribution in [0, 0.1) is 0 Å². The van der Waals surface area contributed by atoms with Gasteiger partial charge in [0.05, 0.1) is 18.9 Å². The van der Waals surface area contributed by atoms with Crippen LogP contribution in [0.25, 0.3) is 0 Å². The van der Waals surface area contributed by atoms with Gasteiger partial charge in [-0.15, -0.1) is 0 Å². The van der Waals surface area contributed by atoms with Crippen LogP contribution in [0.1, 0.15) is 34.6 Å². The molecule has 0 saturated heterocycles. The lowest BCUT2D eigenvalue weighted by molar-refractivity contribution is 0.0935. The largest absolute Gasteiger partial charge is 0.467 e. The lowest BCUT2D eigenvalue weighted by Gasteiger charge is -2.11. The highest BCUT2D eigenvalue weighted by molar-refractivity contribution is 5.94. The second kappa shape index (κ2) is 6.20. The molecule has 0 aliphatic rings. The Balaban J connectivity index is 1.99. The molecule has 4 nitrogen and oxygen atoms in total. The fourth-order valence-electron chi connectivity index (χ4n) is 1.81. The van der Waals surface area contributed by atoms with Gasteiger partial charge in [0.2, 0.25) is 0 Å². The maximum absolute atomic E-state index is 12.0. The van der Waals surface area contributed by atoms with Gasteiger partial charge in [-0.3, -0.25) is 4.79 Å². The van der Waals surface area contributed by atoms with E-state index in [4.69, 9.17) is 9.15 Å². The number of carbonyl (C=O) groups is 1. The van der Waals surface area contributed by atoms with Crippen LogP contribution in [0.5, 0.6) is 0 Å². The van der Waals surface area contributed by atoms with E-state index in [9.17, 15) is 4.79 Å².